The Bertz CT molecular complexity index is 472. The van der Waals surface area contributed by atoms with Crippen molar-refractivity contribution >= 4 is 34.4 Å². The molecule has 0 aromatic carbocycles. The Balaban J connectivity index is 2.91. The summed E-state index contributed by atoms with van der Waals surface area (Å²) in [7, 11) is 3.67. The van der Waals surface area contributed by atoms with Crippen LogP contribution in [0.3, 0.4) is 0 Å². The van der Waals surface area contributed by atoms with E-state index in [9.17, 15) is 9.59 Å². The molecule has 0 fully saturated rings. The van der Waals surface area contributed by atoms with Crippen molar-refractivity contribution in [2.75, 3.05) is 26.6 Å². The topological polar surface area (TPSA) is 112 Å². The summed E-state index contributed by atoms with van der Waals surface area (Å²) in [4.78, 5) is 30.7. The Morgan fingerprint density at radius 2 is 2.00 bits per heavy atom. The third-order valence-corrected chi connectivity index (χ3v) is 2.22. The molecule has 1 amide bonds. The Hall–Kier alpha value is -2.23. The normalized spacial score (nSPS) is 10.7. The van der Waals surface area contributed by atoms with Gasteiger partial charge in [0.05, 0.1) is 14.2 Å². The number of hydrogen-bond acceptors (Lipinski definition) is 9. The fourth-order valence-corrected chi connectivity index (χ4v) is 1.42. The summed E-state index contributed by atoms with van der Waals surface area (Å²) < 4.78 is 12.7. The van der Waals surface area contributed by atoms with Gasteiger partial charge in [-0.2, -0.15) is 9.36 Å². The molecule has 1 aromatic rings. The smallest absolute Gasteiger partial charge is 0.413 e. The number of hydrogen-bond donors (Lipinski definition) is 1. The van der Waals surface area contributed by atoms with E-state index in [1.165, 1.54) is 21.3 Å². The molecule has 0 aliphatic rings. The van der Waals surface area contributed by atoms with Gasteiger partial charge in [0.1, 0.15) is 7.11 Å². The van der Waals surface area contributed by atoms with Gasteiger partial charge < -0.3 is 14.3 Å². The third-order valence-electron chi connectivity index (χ3n) is 1.59. The minimum absolute atomic E-state index is 0.0138. The summed E-state index contributed by atoms with van der Waals surface area (Å²) in [5.41, 5.74) is -0.200. The molecule has 9 nitrogen and oxygen atoms in total. The van der Waals surface area contributed by atoms with Crippen molar-refractivity contribution in [3.05, 3.63) is 5.82 Å². The first kappa shape index (κ1) is 13.8. The van der Waals surface area contributed by atoms with Crippen LogP contribution in [-0.4, -0.2) is 48.5 Å². The fourth-order valence-electron chi connectivity index (χ4n) is 0.866. The number of anilines is 1. The average molecular weight is 274 g/mol. The molecule has 1 heterocycles. The summed E-state index contributed by atoms with van der Waals surface area (Å²) >= 11 is 0.858. The first-order chi connectivity index (χ1) is 8.62. The monoisotopic (exact) mass is 274 g/mol. The minimum Gasteiger partial charge on any atom is -0.464 e. The van der Waals surface area contributed by atoms with E-state index in [1.54, 1.807) is 0 Å². The van der Waals surface area contributed by atoms with Crippen LogP contribution in [0.4, 0.5) is 9.93 Å². The lowest BCUT2D eigenvalue weighted by Gasteiger charge is -1.98. The summed E-state index contributed by atoms with van der Waals surface area (Å²) in [6.45, 7) is 0. The van der Waals surface area contributed by atoms with E-state index in [2.05, 4.69) is 34.1 Å². The number of esters is 1. The second-order valence-corrected chi connectivity index (χ2v) is 3.41. The van der Waals surface area contributed by atoms with Crippen molar-refractivity contribution < 1.29 is 23.9 Å². The van der Waals surface area contributed by atoms with Gasteiger partial charge >= 0.3 is 12.1 Å². The highest BCUT2D eigenvalue weighted by atomic mass is 32.1. The van der Waals surface area contributed by atoms with E-state index < -0.39 is 12.1 Å². The second-order valence-electron chi connectivity index (χ2n) is 2.65. The van der Waals surface area contributed by atoms with Crippen LogP contribution < -0.4 is 5.32 Å². The number of ether oxygens (including phenoxy) is 2. The number of aromatic nitrogens is 2. The van der Waals surface area contributed by atoms with Gasteiger partial charge in [-0.15, -0.1) is 0 Å². The van der Waals surface area contributed by atoms with Crippen LogP contribution in [0.1, 0.15) is 5.82 Å². The van der Waals surface area contributed by atoms with Gasteiger partial charge in [-0.25, -0.2) is 9.59 Å². The molecule has 0 radical (unpaired) electrons. The zero-order valence-corrected chi connectivity index (χ0v) is 10.6. The van der Waals surface area contributed by atoms with Gasteiger partial charge in [0.25, 0.3) is 0 Å². The van der Waals surface area contributed by atoms with Crippen LogP contribution in [0.25, 0.3) is 0 Å². The molecular formula is C8H10N4O5S. The summed E-state index contributed by atoms with van der Waals surface area (Å²) in [6.07, 6.45) is -0.694. The Morgan fingerprint density at radius 3 is 2.56 bits per heavy atom. The van der Waals surface area contributed by atoms with Gasteiger partial charge in [0.2, 0.25) is 16.7 Å². The third kappa shape index (κ3) is 3.38. The Kier molecular flexibility index (Phi) is 4.99. The van der Waals surface area contributed by atoms with Crippen LogP contribution in [0.2, 0.25) is 0 Å². The van der Waals surface area contributed by atoms with E-state index in [1.807, 2.05) is 0 Å². The molecule has 0 unspecified atom stereocenters. The number of oxime groups is 1. The molecule has 1 rings (SSSR count). The van der Waals surface area contributed by atoms with Crippen molar-refractivity contribution in [2.24, 2.45) is 5.16 Å². The highest BCUT2D eigenvalue weighted by Crippen LogP contribution is 2.12. The predicted molar refractivity (Wildman–Crippen MR) is 61.5 cm³/mol. The van der Waals surface area contributed by atoms with E-state index in [0.717, 1.165) is 11.5 Å². The van der Waals surface area contributed by atoms with Crippen LogP contribution in [-0.2, 0) is 19.1 Å². The molecule has 1 N–H and O–H groups in total. The molecule has 0 aliphatic heterocycles. The zero-order valence-electron chi connectivity index (χ0n) is 9.79. The number of carbonyl (C=O) groups excluding carboxylic acids is 2. The molecule has 0 bridgehead atoms. The molecule has 98 valence electrons. The lowest BCUT2D eigenvalue weighted by molar-refractivity contribution is -0.132. The number of rotatable bonds is 4. The molecule has 1 aromatic heterocycles. The van der Waals surface area contributed by atoms with Gasteiger partial charge in [-0.1, -0.05) is 5.16 Å². The highest BCUT2D eigenvalue weighted by molar-refractivity contribution is 7.10. The Morgan fingerprint density at radius 1 is 1.28 bits per heavy atom. The Labute approximate surface area is 106 Å². The quantitative estimate of drug-likeness (QED) is 0.475. The van der Waals surface area contributed by atoms with Crippen molar-refractivity contribution in [1.82, 2.24) is 9.36 Å². The fraction of sp³-hybridized carbons (Fsp3) is 0.375. The van der Waals surface area contributed by atoms with Gasteiger partial charge in [-0.05, 0) is 0 Å². The highest BCUT2D eigenvalue weighted by Gasteiger charge is 2.21. The van der Waals surface area contributed by atoms with Gasteiger partial charge in [0, 0.05) is 11.5 Å². The second kappa shape index (κ2) is 6.49. The number of amides is 1. The molecule has 0 atom stereocenters. The van der Waals surface area contributed by atoms with E-state index in [-0.39, 0.29) is 16.7 Å². The van der Waals surface area contributed by atoms with E-state index >= 15 is 0 Å². The van der Waals surface area contributed by atoms with Crippen molar-refractivity contribution in [1.29, 1.82) is 0 Å². The van der Waals surface area contributed by atoms with Gasteiger partial charge in [0.15, 0.2) is 0 Å². The number of nitrogens with zero attached hydrogens (tertiary/aromatic N) is 3. The van der Waals surface area contributed by atoms with Crippen molar-refractivity contribution in [2.45, 2.75) is 0 Å². The van der Waals surface area contributed by atoms with E-state index in [0.29, 0.717) is 0 Å². The maximum absolute atomic E-state index is 11.4. The zero-order chi connectivity index (χ0) is 13.5. The van der Waals surface area contributed by atoms with Crippen molar-refractivity contribution in [3.8, 4) is 0 Å². The lowest BCUT2D eigenvalue weighted by atomic mass is 10.4. The molecular weight excluding hydrogens is 264 g/mol. The first-order valence-corrected chi connectivity index (χ1v) is 5.28. The molecule has 0 aliphatic carbocycles. The molecule has 10 heteroatoms. The van der Waals surface area contributed by atoms with Gasteiger partial charge in [-0.3, -0.25) is 5.32 Å². The van der Waals surface area contributed by atoms with Crippen LogP contribution >= 0.6 is 11.5 Å². The first-order valence-electron chi connectivity index (χ1n) is 4.50. The van der Waals surface area contributed by atoms with E-state index in [4.69, 9.17) is 0 Å². The van der Waals surface area contributed by atoms with Crippen LogP contribution in [0, 0.1) is 0 Å². The molecule has 18 heavy (non-hydrogen) atoms. The summed E-state index contributed by atoms with van der Waals surface area (Å²) in [5, 5.41) is 5.92. The average Bonchev–Trinajstić information content (AvgIpc) is 2.83. The number of methoxy groups -OCH3 is 2. The van der Waals surface area contributed by atoms with Crippen LogP contribution in [0.15, 0.2) is 5.16 Å². The molecule has 0 saturated heterocycles. The van der Waals surface area contributed by atoms with Crippen LogP contribution in [0.5, 0.6) is 0 Å². The molecule has 0 spiro atoms. The summed E-state index contributed by atoms with van der Waals surface area (Å²) in [5.74, 6) is -0.764. The molecule has 0 saturated carbocycles. The standard InChI is InChI=1S/C8H10N4O5S/c1-15-6(13)4(11-17-3)5-9-7(18-12-5)10-8(14)16-2/h1-3H3,(H,9,10,12,14)/b11-4-. The van der Waals surface area contributed by atoms with Crippen molar-refractivity contribution in [3.63, 3.8) is 0 Å². The summed E-state index contributed by atoms with van der Waals surface area (Å²) in [6, 6.07) is 0. The predicted octanol–water partition coefficient (Wildman–Crippen LogP) is 0.240. The largest absolute Gasteiger partial charge is 0.464 e. The lowest BCUT2D eigenvalue weighted by Crippen LogP contribution is -2.19. The maximum atomic E-state index is 11.4. The SMILES string of the molecule is CO/N=C(\C(=O)OC)c1nsc(NC(=O)OC)n1. The minimum atomic E-state index is -0.751. The maximum Gasteiger partial charge on any atom is 0.413 e. The number of nitrogens with one attached hydrogen (secondary N) is 1. The number of carbonyl (C=O) groups is 2.